The summed E-state index contributed by atoms with van der Waals surface area (Å²) in [5.74, 6) is 0.297. The molecule has 0 saturated heterocycles. The van der Waals surface area contributed by atoms with E-state index in [4.69, 9.17) is 14.2 Å². The molecule has 2 atom stereocenters. The Kier molecular flexibility index (Phi) is 9.46. The molecule has 37 heavy (non-hydrogen) atoms. The van der Waals surface area contributed by atoms with Crippen LogP contribution in [0.1, 0.15) is 56.1 Å². The topological polar surface area (TPSA) is 76.7 Å². The summed E-state index contributed by atoms with van der Waals surface area (Å²) >= 11 is 0. The van der Waals surface area contributed by atoms with Crippen molar-refractivity contribution in [3.8, 4) is 5.75 Å². The van der Waals surface area contributed by atoms with Crippen molar-refractivity contribution in [1.29, 1.82) is 0 Å². The number of halogens is 2. The van der Waals surface area contributed by atoms with Gasteiger partial charge in [0, 0.05) is 29.2 Å². The minimum absolute atomic E-state index is 0.0170. The van der Waals surface area contributed by atoms with Gasteiger partial charge in [-0.25, -0.2) is 13.6 Å². The van der Waals surface area contributed by atoms with E-state index < -0.39 is 6.43 Å². The highest BCUT2D eigenvalue weighted by molar-refractivity contribution is 5.85. The second kappa shape index (κ2) is 13.0. The molecular formula is C28H35F2N3O4. The van der Waals surface area contributed by atoms with E-state index in [9.17, 15) is 13.6 Å². The number of alkyl halides is 2. The fourth-order valence-electron chi connectivity index (χ4n) is 4.94. The van der Waals surface area contributed by atoms with Crippen molar-refractivity contribution in [3.05, 3.63) is 59.5 Å². The molecule has 200 valence electrons. The van der Waals surface area contributed by atoms with E-state index in [1.807, 2.05) is 42.2 Å². The van der Waals surface area contributed by atoms with Crippen LogP contribution in [-0.4, -0.2) is 66.3 Å². The number of ether oxygens (including phenoxy) is 3. The minimum atomic E-state index is -2.44. The maximum absolute atomic E-state index is 13.5. The summed E-state index contributed by atoms with van der Waals surface area (Å²) in [5, 5.41) is 1.14. The van der Waals surface area contributed by atoms with Crippen LogP contribution in [0.15, 0.2) is 42.6 Å². The van der Waals surface area contributed by atoms with E-state index in [2.05, 4.69) is 16.0 Å². The van der Waals surface area contributed by atoms with Gasteiger partial charge >= 0.3 is 5.97 Å². The number of carbonyl (C=O) groups excluding carboxylic acids is 1. The largest absolute Gasteiger partial charge is 0.492 e. The molecule has 1 N–H and O–H groups in total. The van der Waals surface area contributed by atoms with Gasteiger partial charge in [-0.2, -0.15) is 0 Å². The zero-order chi connectivity index (χ0) is 26.2. The molecule has 0 fully saturated rings. The monoisotopic (exact) mass is 515 g/mol. The lowest BCUT2D eigenvalue weighted by atomic mass is 9.90. The Bertz CT molecular complexity index is 1150. The molecule has 0 radical (unpaired) electrons. The minimum Gasteiger partial charge on any atom is -0.492 e. The number of hydrogen-bond donors (Lipinski definition) is 1. The van der Waals surface area contributed by atoms with Crippen LogP contribution in [0, 0.1) is 0 Å². The summed E-state index contributed by atoms with van der Waals surface area (Å²) in [7, 11) is 0. The van der Waals surface area contributed by atoms with Crippen molar-refractivity contribution in [1.82, 2.24) is 14.9 Å². The highest BCUT2D eigenvalue weighted by Crippen LogP contribution is 2.40. The summed E-state index contributed by atoms with van der Waals surface area (Å²) in [4.78, 5) is 21.2. The molecule has 0 amide bonds. The third-order valence-corrected chi connectivity index (χ3v) is 6.63. The van der Waals surface area contributed by atoms with Crippen molar-refractivity contribution in [2.24, 2.45) is 0 Å². The van der Waals surface area contributed by atoms with E-state index in [0.717, 1.165) is 35.9 Å². The SMILES string of the molecule is CCOC(=O)COCCCCCOc1ccc([C@@H]2c3[nH]c4ccccc4c3C[C@@H](C)N2CC(F)F)nc1. The van der Waals surface area contributed by atoms with Crippen LogP contribution in [-0.2, 0) is 20.7 Å². The third kappa shape index (κ3) is 6.84. The number of aromatic amines is 1. The molecule has 3 aromatic rings. The first-order valence-corrected chi connectivity index (χ1v) is 12.9. The predicted octanol–water partition coefficient (Wildman–Crippen LogP) is 5.29. The first-order valence-electron chi connectivity index (χ1n) is 12.9. The average Bonchev–Trinajstić information content (AvgIpc) is 3.24. The number of hydrogen-bond acceptors (Lipinski definition) is 6. The summed E-state index contributed by atoms with van der Waals surface area (Å²) in [5.41, 5.74) is 3.83. The summed E-state index contributed by atoms with van der Waals surface area (Å²) in [6.07, 6.45) is 2.50. The second-order valence-corrected chi connectivity index (χ2v) is 9.29. The Balaban J connectivity index is 1.36. The van der Waals surface area contributed by atoms with E-state index in [-0.39, 0.29) is 31.2 Å². The van der Waals surface area contributed by atoms with Gasteiger partial charge in [0.05, 0.1) is 37.7 Å². The van der Waals surface area contributed by atoms with E-state index in [0.29, 0.717) is 37.7 Å². The molecule has 0 saturated carbocycles. The first kappa shape index (κ1) is 27.0. The highest BCUT2D eigenvalue weighted by Gasteiger charge is 2.37. The second-order valence-electron chi connectivity index (χ2n) is 9.29. The molecule has 4 rings (SSSR count). The number of fused-ring (bicyclic) bond motifs is 3. The Morgan fingerprint density at radius 3 is 2.73 bits per heavy atom. The van der Waals surface area contributed by atoms with Gasteiger partial charge in [-0.05, 0) is 63.3 Å². The molecule has 1 aliphatic heterocycles. The lowest BCUT2D eigenvalue weighted by Gasteiger charge is -2.40. The van der Waals surface area contributed by atoms with Gasteiger partial charge < -0.3 is 19.2 Å². The number of H-pyrrole nitrogens is 1. The first-order chi connectivity index (χ1) is 18.0. The Labute approximate surface area is 216 Å². The van der Waals surface area contributed by atoms with E-state index in [1.54, 1.807) is 13.1 Å². The third-order valence-electron chi connectivity index (χ3n) is 6.63. The van der Waals surface area contributed by atoms with Crippen molar-refractivity contribution in [3.63, 3.8) is 0 Å². The van der Waals surface area contributed by atoms with Gasteiger partial charge in [0.2, 0.25) is 0 Å². The fourth-order valence-corrected chi connectivity index (χ4v) is 4.94. The fraction of sp³-hybridized carbons (Fsp3) is 0.500. The zero-order valence-corrected chi connectivity index (χ0v) is 21.4. The van der Waals surface area contributed by atoms with Crippen LogP contribution in [0.25, 0.3) is 10.9 Å². The van der Waals surface area contributed by atoms with Gasteiger partial charge in [-0.1, -0.05) is 18.2 Å². The number of esters is 1. The molecule has 3 heterocycles. The quantitative estimate of drug-likeness (QED) is 0.246. The van der Waals surface area contributed by atoms with Crippen LogP contribution >= 0.6 is 0 Å². The van der Waals surface area contributed by atoms with Crippen LogP contribution in [0.3, 0.4) is 0 Å². The predicted molar refractivity (Wildman–Crippen MR) is 137 cm³/mol. The normalized spacial score (nSPS) is 17.8. The number of benzene rings is 1. The number of pyridine rings is 1. The van der Waals surface area contributed by atoms with Gasteiger partial charge in [0.1, 0.15) is 12.4 Å². The molecule has 2 aromatic heterocycles. The lowest BCUT2D eigenvalue weighted by molar-refractivity contribution is -0.148. The number of para-hydroxylation sites is 1. The molecular weight excluding hydrogens is 480 g/mol. The summed E-state index contributed by atoms with van der Waals surface area (Å²) in [6.45, 7) is 4.81. The van der Waals surface area contributed by atoms with Crippen LogP contribution in [0.4, 0.5) is 8.78 Å². The van der Waals surface area contributed by atoms with Crippen molar-refractivity contribution >= 4 is 16.9 Å². The van der Waals surface area contributed by atoms with Crippen molar-refractivity contribution in [2.75, 3.05) is 33.0 Å². The average molecular weight is 516 g/mol. The van der Waals surface area contributed by atoms with Crippen LogP contribution in [0.5, 0.6) is 5.75 Å². The van der Waals surface area contributed by atoms with Crippen LogP contribution in [0.2, 0.25) is 0 Å². The number of unbranched alkanes of at least 4 members (excludes halogenated alkanes) is 2. The molecule has 1 aromatic carbocycles. The highest BCUT2D eigenvalue weighted by atomic mass is 19.3. The lowest BCUT2D eigenvalue weighted by Crippen LogP contribution is -2.45. The Morgan fingerprint density at radius 1 is 1.16 bits per heavy atom. The maximum Gasteiger partial charge on any atom is 0.332 e. The summed E-state index contributed by atoms with van der Waals surface area (Å²) in [6, 6.07) is 11.4. The number of aromatic nitrogens is 2. The number of carbonyl (C=O) groups is 1. The van der Waals surface area contributed by atoms with Crippen molar-refractivity contribution in [2.45, 2.75) is 58.0 Å². The number of nitrogens with one attached hydrogen (secondary N) is 1. The Morgan fingerprint density at radius 2 is 1.97 bits per heavy atom. The molecule has 0 spiro atoms. The number of nitrogens with zero attached hydrogens (tertiary/aromatic N) is 2. The summed E-state index contributed by atoms with van der Waals surface area (Å²) < 4.78 is 43.0. The van der Waals surface area contributed by atoms with Crippen LogP contribution < -0.4 is 4.74 Å². The number of rotatable bonds is 13. The zero-order valence-electron chi connectivity index (χ0n) is 21.4. The molecule has 0 aliphatic carbocycles. The smallest absolute Gasteiger partial charge is 0.332 e. The van der Waals surface area contributed by atoms with Gasteiger partial charge in [-0.3, -0.25) is 9.88 Å². The van der Waals surface area contributed by atoms with Gasteiger partial charge in [0.25, 0.3) is 6.43 Å². The molecule has 0 bridgehead atoms. The van der Waals surface area contributed by atoms with Gasteiger partial charge in [0.15, 0.2) is 0 Å². The molecule has 1 aliphatic rings. The van der Waals surface area contributed by atoms with Gasteiger partial charge in [-0.15, -0.1) is 0 Å². The maximum atomic E-state index is 13.5. The molecule has 0 unspecified atom stereocenters. The van der Waals surface area contributed by atoms with E-state index in [1.165, 1.54) is 5.56 Å². The molecule has 9 heteroatoms. The Hall–Kier alpha value is -3.04. The van der Waals surface area contributed by atoms with E-state index >= 15 is 0 Å². The standard InChI is InChI=1S/C28H35F2N3O4/c1-3-36-26(34)18-35-13-7-4-8-14-37-20-11-12-24(31-16-20)28-27-22(15-19(2)33(28)17-25(29)30)21-9-5-6-10-23(21)32-27/h5-6,9-12,16,19,25,28,32H,3-4,7-8,13-15,17-18H2,1-2H3/t19-,28-/m1/s1. The molecule has 7 nitrogen and oxygen atoms in total. The van der Waals surface area contributed by atoms with Crippen molar-refractivity contribution < 1.29 is 27.8 Å².